The van der Waals surface area contributed by atoms with E-state index in [9.17, 15) is 31.7 Å². The summed E-state index contributed by atoms with van der Waals surface area (Å²) in [4.78, 5) is 9.12. The SMILES string of the molecule is Cc1cc(F)c(S(=O)(=O)Nc2ccc(OC(F)F)c(Cl)c2)cc1[N+](=O)[O-]. The van der Waals surface area contributed by atoms with Crippen LogP contribution in [0.15, 0.2) is 35.2 Å². The van der Waals surface area contributed by atoms with Gasteiger partial charge in [0.15, 0.2) is 0 Å². The van der Waals surface area contributed by atoms with Crippen LogP contribution in [0.4, 0.5) is 24.5 Å². The summed E-state index contributed by atoms with van der Waals surface area (Å²) in [6.07, 6.45) is 0. The lowest BCUT2D eigenvalue weighted by Crippen LogP contribution is -2.15. The zero-order valence-electron chi connectivity index (χ0n) is 12.9. The van der Waals surface area contributed by atoms with Crippen molar-refractivity contribution >= 4 is 33.0 Å². The Balaban J connectivity index is 2.39. The van der Waals surface area contributed by atoms with E-state index in [1.165, 1.54) is 6.92 Å². The number of rotatable bonds is 6. The molecule has 2 aromatic rings. The zero-order chi connectivity index (χ0) is 19.6. The largest absolute Gasteiger partial charge is 0.433 e. The predicted octanol–water partition coefficient (Wildman–Crippen LogP) is 4.10. The van der Waals surface area contributed by atoms with Gasteiger partial charge in [0, 0.05) is 11.6 Å². The molecule has 0 aromatic heterocycles. The number of hydrogen-bond acceptors (Lipinski definition) is 5. The molecule has 0 saturated heterocycles. The highest BCUT2D eigenvalue weighted by Gasteiger charge is 2.25. The van der Waals surface area contributed by atoms with E-state index in [0.717, 1.165) is 24.3 Å². The Morgan fingerprint density at radius 3 is 2.46 bits per heavy atom. The second-order valence-electron chi connectivity index (χ2n) is 4.96. The maximum Gasteiger partial charge on any atom is 0.387 e. The lowest BCUT2D eigenvalue weighted by atomic mass is 10.2. The van der Waals surface area contributed by atoms with Crippen molar-refractivity contribution in [3.05, 3.63) is 56.8 Å². The Kier molecular flexibility index (Phi) is 5.62. The van der Waals surface area contributed by atoms with Crippen molar-refractivity contribution in [1.29, 1.82) is 0 Å². The fourth-order valence-electron chi connectivity index (χ4n) is 2.01. The third-order valence-corrected chi connectivity index (χ3v) is 4.83. The van der Waals surface area contributed by atoms with Gasteiger partial charge < -0.3 is 4.74 Å². The van der Waals surface area contributed by atoms with Crippen LogP contribution in [0.1, 0.15) is 5.56 Å². The van der Waals surface area contributed by atoms with Gasteiger partial charge in [-0.15, -0.1) is 0 Å². The monoisotopic (exact) mass is 410 g/mol. The van der Waals surface area contributed by atoms with Gasteiger partial charge in [0.25, 0.3) is 15.7 Å². The van der Waals surface area contributed by atoms with Crippen LogP contribution in [0.2, 0.25) is 5.02 Å². The molecule has 2 aromatic carbocycles. The summed E-state index contributed by atoms with van der Waals surface area (Å²) in [5, 5.41) is 10.6. The van der Waals surface area contributed by atoms with Crippen molar-refractivity contribution in [1.82, 2.24) is 0 Å². The maximum absolute atomic E-state index is 14.0. The van der Waals surface area contributed by atoms with E-state index in [1.807, 2.05) is 4.72 Å². The van der Waals surface area contributed by atoms with Crippen molar-refractivity contribution < 1.29 is 31.2 Å². The molecule has 7 nitrogen and oxygen atoms in total. The summed E-state index contributed by atoms with van der Waals surface area (Å²) < 4.78 is 69.1. The third kappa shape index (κ3) is 4.35. The van der Waals surface area contributed by atoms with Crippen molar-refractivity contribution in [3.63, 3.8) is 0 Å². The van der Waals surface area contributed by atoms with Crippen molar-refractivity contribution in [2.45, 2.75) is 18.4 Å². The number of anilines is 1. The number of halogens is 4. The van der Waals surface area contributed by atoms with Crippen LogP contribution >= 0.6 is 11.6 Å². The quantitative estimate of drug-likeness (QED) is 0.571. The van der Waals surface area contributed by atoms with Gasteiger partial charge in [-0.25, -0.2) is 12.8 Å². The van der Waals surface area contributed by atoms with Crippen LogP contribution in [-0.4, -0.2) is 20.0 Å². The fraction of sp³-hybridized carbons (Fsp3) is 0.143. The Labute approximate surface area is 150 Å². The fourth-order valence-corrected chi connectivity index (χ4v) is 3.37. The molecule has 0 aliphatic carbocycles. The number of nitro benzene ring substituents is 1. The van der Waals surface area contributed by atoms with E-state index in [1.54, 1.807) is 0 Å². The Morgan fingerprint density at radius 2 is 1.92 bits per heavy atom. The summed E-state index contributed by atoms with van der Waals surface area (Å²) >= 11 is 5.71. The molecule has 12 heteroatoms. The van der Waals surface area contributed by atoms with Crippen LogP contribution < -0.4 is 9.46 Å². The number of aryl methyl sites for hydroxylation is 1. The van der Waals surface area contributed by atoms with E-state index < -0.39 is 38.0 Å². The number of alkyl halides is 2. The topological polar surface area (TPSA) is 98.5 Å². The molecule has 26 heavy (non-hydrogen) atoms. The highest BCUT2D eigenvalue weighted by atomic mass is 35.5. The van der Waals surface area contributed by atoms with Crippen LogP contribution in [-0.2, 0) is 10.0 Å². The van der Waals surface area contributed by atoms with Gasteiger partial charge >= 0.3 is 6.61 Å². The molecule has 0 aliphatic rings. The molecule has 0 aliphatic heterocycles. The second-order valence-corrected chi connectivity index (χ2v) is 7.01. The summed E-state index contributed by atoms with van der Waals surface area (Å²) in [5.74, 6) is -1.58. The smallest absolute Gasteiger partial charge is 0.387 e. The molecule has 0 atom stereocenters. The molecule has 0 unspecified atom stereocenters. The van der Waals surface area contributed by atoms with Crippen molar-refractivity contribution in [3.8, 4) is 5.75 Å². The van der Waals surface area contributed by atoms with E-state index in [4.69, 9.17) is 11.6 Å². The zero-order valence-corrected chi connectivity index (χ0v) is 14.4. The molecular formula is C14H10ClF3N2O5S. The number of sulfonamides is 1. The highest BCUT2D eigenvalue weighted by molar-refractivity contribution is 7.92. The number of ether oxygens (including phenoxy) is 1. The molecule has 0 saturated carbocycles. The minimum Gasteiger partial charge on any atom is -0.433 e. The molecular weight excluding hydrogens is 401 g/mol. The number of nitrogens with one attached hydrogen (secondary N) is 1. The van der Waals surface area contributed by atoms with Crippen molar-refractivity contribution in [2.24, 2.45) is 0 Å². The maximum atomic E-state index is 14.0. The Morgan fingerprint density at radius 1 is 1.27 bits per heavy atom. The van der Waals surface area contributed by atoms with Gasteiger partial charge in [-0.05, 0) is 31.2 Å². The molecule has 0 amide bonds. The van der Waals surface area contributed by atoms with E-state index in [0.29, 0.717) is 6.07 Å². The van der Waals surface area contributed by atoms with Crippen LogP contribution in [0.25, 0.3) is 0 Å². The third-order valence-electron chi connectivity index (χ3n) is 3.14. The molecule has 0 radical (unpaired) electrons. The molecule has 140 valence electrons. The molecule has 1 N–H and O–H groups in total. The van der Waals surface area contributed by atoms with Gasteiger partial charge in [-0.3, -0.25) is 14.8 Å². The normalized spacial score (nSPS) is 11.5. The molecule has 0 heterocycles. The average molecular weight is 411 g/mol. The second kappa shape index (κ2) is 7.38. The number of benzene rings is 2. The Bertz CT molecular complexity index is 969. The molecule has 2 rings (SSSR count). The van der Waals surface area contributed by atoms with E-state index in [-0.39, 0.29) is 22.0 Å². The first kappa shape index (κ1) is 19.8. The lowest BCUT2D eigenvalue weighted by Gasteiger charge is -2.12. The van der Waals surface area contributed by atoms with Crippen molar-refractivity contribution in [2.75, 3.05) is 4.72 Å². The van der Waals surface area contributed by atoms with E-state index >= 15 is 0 Å². The molecule has 0 fully saturated rings. The minimum absolute atomic E-state index is 0.0528. The Hall–Kier alpha value is -2.53. The first-order chi connectivity index (χ1) is 12.0. The van der Waals surface area contributed by atoms with Crippen LogP contribution in [0.3, 0.4) is 0 Å². The molecule has 0 spiro atoms. The van der Waals surface area contributed by atoms with Gasteiger partial charge in [-0.1, -0.05) is 11.6 Å². The first-order valence-electron chi connectivity index (χ1n) is 6.73. The lowest BCUT2D eigenvalue weighted by molar-refractivity contribution is -0.385. The number of hydrogen-bond donors (Lipinski definition) is 1. The number of nitrogens with zero attached hydrogens (tertiary/aromatic N) is 1. The summed E-state index contributed by atoms with van der Waals surface area (Å²) in [7, 11) is -4.55. The number of nitro groups is 1. The summed E-state index contributed by atoms with van der Waals surface area (Å²) in [6.45, 7) is -1.87. The summed E-state index contributed by atoms with van der Waals surface area (Å²) in [6, 6.07) is 4.32. The van der Waals surface area contributed by atoms with Gasteiger partial charge in [0.2, 0.25) is 0 Å². The minimum atomic E-state index is -4.55. The van der Waals surface area contributed by atoms with Crippen LogP contribution in [0, 0.1) is 22.9 Å². The van der Waals surface area contributed by atoms with E-state index in [2.05, 4.69) is 4.74 Å². The average Bonchev–Trinajstić information content (AvgIpc) is 2.48. The molecule has 0 bridgehead atoms. The van der Waals surface area contributed by atoms with Gasteiger partial charge in [0.1, 0.15) is 16.5 Å². The highest BCUT2D eigenvalue weighted by Crippen LogP contribution is 2.31. The predicted molar refractivity (Wildman–Crippen MR) is 86.7 cm³/mol. The first-order valence-corrected chi connectivity index (χ1v) is 8.59. The summed E-state index contributed by atoms with van der Waals surface area (Å²) in [5.41, 5.74) is -0.812. The van der Waals surface area contributed by atoms with Gasteiger partial charge in [-0.2, -0.15) is 8.78 Å². The standard InChI is InChI=1S/C14H10ClF3N2O5S/c1-7-4-10(16)13(6-11(7)20(21)22)26(23,24)19-8-2-3-12(9(15)5-8)25-14(17)18/h2-6,14,19H,1H3. The van der Waals surface area contributed by atoms with Crippen LogP contribution in [0.5, 0.6) is 5.75 Å². The van der Waals surface area contributed by atoms with Gasteiger partial charge in [0.05, 0.1) is 15.6 Å².